The lowest BCUT2D eigenvalue weighted by Crippen LogP contribution is -2.31. The molecule has 24 heavy (non-hydrogen) atoms. The molecule has 1 aromatic rings. The number of carbonyl (C=O) groups excluding carboxylic acids is 2. The molecule has 1 aliphatic heterocycles. The first-order valence-electron chi connectivity index (χ1n) is 7.89. The molecule has 2 rings (SSSR count). The number of hydrogen-bond donors (Lipinski definition) is 0. The number of methoxy groups -OCH3 is 2. The molecular formula is C17H23NO5S. The summed E-state index contributed by atoms with van der Waals surface area (Å²) in [6.45, 7) is 2.73. The van der Waals surface area contributed by atoms with Gasteiger partial charge in [0.15, 0.2) is 0 Å². The van der Waals surface area contributed by atoms with Crippen molar-refractivity contribution in [1.29, 1.82) is 0 Å². The van der Waals surface area contributed by atoms with Crippen LogP contribution >= 0.6 is 11.8 Å². The standard InChI is InChI=1S/C17H23NO5S/c1-4-23-16(20)8-7-15(19)18-9-10-24-17(18)13-11-12(21-2)5-6-14(13)22-3/h5-6,11,17H,4,7-10H2,1-3H3. The highest BCUT2D eigenvalue weighted by Crippen LogP contribution is 2.43. The third-order valence-corrected chi connectivity index (χ3v) is 5.00. The summed E-state index contributed by atoms with van der Waals surface area (Å²) in [7, 11) is 3.22. The van der Waals surface area contributed by atoms with Crippen LogP contribution in [-0.4, -0.2) is 49.9 Å². The molecule has 132 valence electrons. The van der Waals surface area contributed by atoms with E-state index in [-0.39, 0.29) is 30.1 Å². The van der Waals surface area contributed by atoms with Gasteiger partial charge in [0.25, 0.3) is 0 Å². The van der Waals surface area contributed by atoms with Gasteiger partial charge in [-0.3, -0.25) is 9.59 Å². The minimum absolute atomic E-state index is 0.0528. The summed E-state index contributed by atoms with van der Waals surface area (Å²) in [4.78, 5) is 25.8. The Hall–Kier alpha value is -1.89. The second kappa shape index (κ2) is 8.82. The van der Waals surface area contributed by atoms with Crippen LogP contribution in [0.2, 0.25) is 0 Å². The monoisotopic (exact) mass is 353 g/mol. The van der Waals surface area contributed by atoms with E-state index in [9.17, 15) is 9.59 Å². The van der Waals surface area contributed by atoms with E-state index in [1.165, 1.54) is 0 Å². The normalized spacial score (nSPS) is 16.8. The number of amides is 1. The van der Waals surface area contributed by atoms with Crippen LogP contribution in [0.3, 0.4) is 0 Å². The first-order valence-corrected chi connectivity index (χ1v) is 8.94. The molecule has 1 fully saturated rings. The first-order chi connectivity index (χ1) is 11.6. The highest BCUT2D eigenvalue weighted by Gasteiger charge is 2.32. The van der Waals surface area contributed by atoms with Crippen molar-refractivity contribution >= 4 is 23.6 Å². The van der Waals surface area contributed by atoms with E-state index in [2.05, 4.69) is 0 Å². The lowest BCUT2D eigenvalue weighted by molar-refractivity contribution is -0.145. The average Bonchev–Trinajstić information content (AvgIpc) is 3.09. The molecule has 1 heterocycles. The molecule has 0 N–H and O–H groups in total. The van der Waals surface area contributed by atoms with Crippen LogP contribution in [0.4, 0.5) is 0 Å². The highest BCUT2D eigenvalue weighted by molar-refractivity contribution is 7.99. The zero-order chi connectivity index (χ0) is 17.5. The molecule has 0 spiro atoms. The molecule has 1 aromatic carbocycles. The number of nitrogens with zero attached hydrogens (tertiary/aromatic N) is 1. The maximum absolute atomic E-state index is 12.5. The fraction of sp³-hybridized carbons (Fsp3) is 0.529. The van der Waals surface area contributed by atoms with Crippen LogP contribution < -0.4 is 9.47 Å². The Labute approximate surface area is 146 Å². The van der Waals surface area contributed by atoms with Gasteiger partial charge in [0.2, 0.25) is 5.91 Å². The summed E-state index contributed by atoms with van der Waals surface area (Å²) >= 11 is 1.68. The Morgan fingerprint density at radius 1 is 1.25 bits per heavy atom. The largest absolute Gasteiger partial charge is 0.497 e. The molecule has 0 bridgehead atoms. The Morgan fingerprint density at radius 2 is 2.04 bits per heavy atom. The molecule has 1 saturated heterocycles. The van der Waals surface area contributed by atoms with Gasteiger partial charge >= 0.3 is 5.97 Å². The molecule has 0 radical (unpaired) electrons. The number of ether oxygens (including phenoxy) is 3. The first kappa shape index (κ1) is 18.4. The van der Waals surface area contributed by atoms with Crippen molar-refractivity contribution in [2.75, 3.05) is 33.1 Å². The summed E-state index contributed by atoms with van der Waals surface area (Å²) in [6, 6.07) is 5.57. The lowest BCUT2D eigenvalue weighted by atomic mass is 10.1. The summed E-state index contributed by atoms with van der Waals surface area (Å²) in [5.41, 5.74) is 0.906. The Morgan fingerprint density at radius 3 is 2.71 bits per heavy atom. The van der Waals surface area contributed by atoms with Crippen LogP contribution in [0.5, 0.6) is 11.5 Å². The van der Waals surface area contributed by atoms with Gasteiger partial charge < -0.3 is 19.1 Å². The molecule has 1 unspecified atom stereocenters. The SMILES string of the molecule is CCOC(=O)CCC(=O)N1CCSC1c1cc(OC)ccc1OC. The summed E-state index contributed by atoms with van der Waals surface area (Å²) < 4.78 is 15.6. The molecule has 1 amide bonds. The molecule has 0 aliphatic carbocycles. The minimum Gasteiger partial charge on any atom is -0.497 e. The Balaban J connectivity index is 2.12. The van der Waals surface area contributed by atoms with Crippen LogP contribution in [0.25, 0.3) is 0 Å². The second-order valence-electron chi connectivity index (χ2n) is 5.22. The van der Waals surface area contributed by atoms with E-state index >= 15 is 0 Å². The summed E-state index contributed by atoms with van der Waals surface area (Å²) in [6.07, 6.45) is 0.262. The molecule has 0 saturated carbocycles. The quantitative estimate of drug-likeness (QED) is 0.702. The zero-order valence-electron chi connectivity index (χ0n) is 14.2. The van der Waals surface area contributed by atoms with E-state index < -0.39 is 0 Å². The highest BCUT2D eigenvalue weighted by atomic mass is 32.2. The van der Waals surface area contributed by atoms with Crippen LogP contribution in [0.1, 0.15) is 30.7 Å². The van der Waals surface area contributed by atoms with Crippen LogP contribution in [-0.2, 0) is 14.3 Å². The third-order valence-electron chi connectivity index (χ3n) is 3.76. The molecule has 7 heteroatoms. The summed E-state index contributed by atoms with van der Waals surface area (Å²) in [5.74, 6) is 1.89. The molecule has 6 nitrogen and oxygen atoms in total. The van der Waals surface area contributed by atoms with Gasteiger partial charge in [-0.15, -0.1) is 11.8 Å². The van der Waals surface area contributed by atoms with Crippen molar-refractivity contribution < 1.29 is 23.8 Å². The van der Waals surface area contributed by atoms with Gasteiger partial charge in [-0.05, 0) is 25.1 Å². The second-order valence-corrected chi connectivity index (χ2v) is 6.41. The molecule has 1 aliphatic rings. The van der Waals surface area contributed by atoms with Crippen molar-refractivity contribution in [3.8, 4) is 11.5 Å². The number of thioether (sulfide) groups is 1. The molecule has 1 atom stereocenters. The number of carbonyl (C=O) groups is 2. The third kappa shape index (κ3) is 4.35. The lowest BCUT2D eigenvalue weighted by Gasteiger charge is -2.25. The maximum Gasteiger partial charge on any atom is 0.306 e. The van der Waals surface area contributed by atoms with Crippen LogP contribution in [0, 0.1) is 0 Å². The van der Waals surface area contributed by atoms with Crippen molar-refractivity contribution in [2.45, 2.75) is 25.1 Å². The van der Waals surface area contributed by atoms with Gasteiger partial charge in [-0.2, -0.15) is 0 Å². The summed E-state index contributed by atoms with van der Waals surface area (Å²) in [5, 5.41) is -0.134. The number of benzene rings is 1. The van der Waals surface area contributed by atoms with Gasteiger partial charge in [-0.25, -0.2) is 0 Å². The predicted octanol–water partition coefficient (Wildman–Crippen LogP) is 2.62. The van der Waals surface area contributed by atoms with E-state index in [0.717, 1.165) is 22.8 Å². The zero-order valence-corrected chi connectivity index (χ0v) is 15.1. The molecule has 0 aromatic heterocycles. The number of hydrogen-bond acceptors (Lipinski definition) is 6. The van der Waals surface area contributed by atoms with Gasteiger partial charge in [0.05, 0.1) is 27.2 Å². The van der Waals surface area contributed by atoms with E-state index in [1.807, 2.05) is 18.2 Å². The number of rotatable bonds is 7. The smallest absolute Gasteiger partial charge is 0.306 e. The van der Waals surface area contributed by atoms with E-state index in [1.54, 1.807) is 37.8 Å². The van der Waals surface area contributed by atoms with Crippen molar-refractivity contribution in [2.24, 2.45) is 0 Å². The van der Waals surface area contributed by atoms with Gasteiger partial charge in [-0.1, -0.05) is 0 Å². The number of esters is 1. The van der Waals surface area contributed by atoms with Gasteiger partial charge in [0, 0.05) is 24.3 Å². The van der Waals surface area contributed by atoms with Gasteiger partial charge in [0.1, 0.15) is 16.9 Å². The van der Waals surface area contributed by atoms with Crippen molar-refractivity contribution in [3.05, 3.63) is 23.8 Å². The predicted molar refractivity (Wildman–Crippen MR) is 92.3 cm³/mol. The van der Waals surface area contributed by atoms with Crippen LogP contribution in [0.15, 0.2) is 18.2 Å². The minimum atomic E-state index is -0.340. The van der Waals surface area contributed by atoms with Crippen molar-refractivity contribution in [1.82, 2.24) is 4.90 Å². The Bertz CT molecular complexity index is 592. The maximum atomic E-state index is 12.5. The fourth-order valence-corrected chi connectivity index (χ4v) is 3.89. The van der Waals surface area contributed by atoms with E-state index in [4.69, 9.17) is 14.2 Å². The topological polar surface area (TPSA) is 65.1 Å². The average molecular weight is 353 g/mol. The fourth-order valence-electron chi connectivity index (χ4n) is 2.60. The van der Waals surface area contributed by atoms with E-state index in [0.29, 0.717) is 13.2 Å². The van der Waals surface area contributed by atoms with Crippen molar-refractivity contribution in [3.63, 3.8) is 0 Å². The molecular weight excluding hydrogens is 330 g/mol. The Kier molecular flexibility index (Phi) is 6.78.